The fraction of sp³-hybridized carbons (Fsp3) is 0.118. The van der Waals surface area contributed by atoms with Crippen LogP contribution in [0.25, 0.3) is 0 Å². The van der Waals surface area contributed by atoms with Gasteiger partial charge < -0.3 is 9.47 Å². The highest BCUT2D eigenvalue weighted by Gasteiger charge is 2.04. The van der Waals surface area contributed by atoms with E-state index in [4.69, 9.17) is 14.7 Å². The number of rotatable bonds is 3. The molecule has 0 N–H and O–H groups in total. The van der Waals surface area contributed by atoms with E-state index in [-0.39, 0.29) is 6.61 Å². The maximum atomic E-state index is 8.82. The summed E-state index contributed by atoms with van der Waals surface area (Å²) in [7, 11) is 1.54. The molecule has 0 saturated heterocycles. The van der Waals surface area contributed by atoms with Gasteiger partial charge in [-0.25, -0.2) is 0 Å². The number of methoxy groups -OCH3 is 1. The van der Waals surface area contributed by atoms with Crippen molar-refractivity contribution in [3.05, 3.63) is 59.7 Å². The van der Waals surface area contributed by atoms with E-state index >= 15 is 0 Å². The quantitative estimate of drug-likeness (QED) is 0.799. The van der Waals surface area contributed by atoms with Crippen LogP contribution in [-0.2, 0) is 0 Å². The molecule has 0 aromatic heterocycles. The lowest BCUT2D eigenvalue weighted by atomic mass is 10.2. The highest BCUT2D eigenvalue weighted by molar-refractivity contribution is 5.47. The van der Waals surface area contributed by atoms with Gasteiger partial charge in [-0.15, -0.1) is 0 Å². The maximum Gasteiger partial charge on any atom is 0.162 e. The normalized spacial score (nSPS) is 9.00. The van der Waals surface area contributed by atoms with Crippen molar-refractivity contribution in [2.24, 2.45) is 0 Å². The van der Waals surface area contributed by atoms with E-state index < -0.39 is 0 Å². The lowest BCUT2D eigenvalue weighted by Crippen LogP contribution is -1.97. The number of hydrogen-bond acceptors (Lipinski definition) is 3. The van der Waals surface area contributed by atoms with Gasteiger partial charge in [0.05, 0.1) is 18.7 Å². The molecule has 0 fully saturated rings. The topological polar surface area (TPSA) is 42.2 Å². The SMILES string of the molecule is COc1cc(C#N)ccc1OCC#Cc1ccccc1. The molecule has 0 heterocycles. The molecule has 0 unspecified atom stereocenters. The van der Waals surface area contributed by atoms with Crippen LogP contribution in [0.5, 0.6) is 11.5 Å². The molecule has 20 heavy (non-hydrogen) atoms. The molecule has 98 valence electrons. The second kappa shape index (κ2) is 6.87. The first kappa shape index (κ1) is 13.5. The monoisotopic (exact) mass is 263 g/mol. The molecule has 0 bridgehead atoms. The number of nitriles is 1. The summed E-state index contributed by atoms with van der Waals surface area (Å²) in [6.45, 7) is 0.261. The summed E-state index contributed by atoms with van der Waals surface area (Å²) < 4.78 is 10.7. The van der Waals surface area contributed by atoms with Crippen molar-refractivity contribution in [3.8, 4) is 29.4 Å². The van der Waals surface area contributed by atoms with Gasteiger partial charge in [0.25, 0.3) is 0 Å². The third-order valence-corrected chi connectivity index (χ3v) is 2.60. The summed E-state index contributed by atoms with van der Waals surface area (Å²) in [5.41, 5.74) is 1.48. The van der Waals surface area contributed by atoms with Gasteiger partial charge in [-0.05, 0) is 24.3 Å². The van der Waals surface area contributed by atoms with Gasteiger partial charge in [-0.3, -0.25) is 0 Å². The summed E-state index contributed by atoms with van der Waals surface area (Å²) in [5, 5.41) is 8.82. The van der Waals surface area contributed by atoms with Gasteiger partial charge in [0, 0.05) is 11.6 Å². The Morgan fingerprint density at radius 3 is 2.50 bits per heavy atom. The standard InChI is InChI=1S/C17H13NO2/c1-19-17-12-15(13-18)9-10-16(17)20-11-5-8-14-6-3-2-4-7-14/h2-4,6-7,9-10,12H,11H2,1H3. The molecule has 0 aliphatic heterocycles. The van der Waals surface area contributed by atoms with Crippen LogP contribution in [0.2, 0.25) is 0 Å². The largest absolute Gasteiger partial charge is 0.493 e. The van der Waals surface area contributed by atoms with Crippen molar-refractivity contribution in [3.63, 3.8) is 0 Å². The lowest BCUT2D eigenvalue weighted by molar-refractivity contribution is 0.331. The van der Waals surface area contributed by atoms with Gasteiger partial charge in [-0.2, -0.15) is 5.26 Å². The second-order valence-electron chi connectivity index (χ2n) is 3.93. The van der Waals surface area contributed by atoms with E-state index in [2.05, 4.69) is 17.9 Å². The number of hydrogen-bond donors (Lipinski definition) is 0. The van der Waals surface area contributed by atoms with Crippen LogP contribution in [0, 0.1) is 23.2 Å². The molecule has 0 spiro atoms. The second-order valence-corrected chi connectivity index (χ2v) is 3.93. The molecule has 2 rings (SSSR count). The summed E-state index contributed by atoms with van der Waals surface area (Å²) in [5.74, 6) is 7.05. The van der Waals surface area contributed by atoms with Gasteiger partial charge in [0.1, 0.15) is 6.61 Å². The fourth-order valence-electron chi connectivity index (χ4n) is 1.63. The third kappa shape index (κ3) is 3.54. The zero-order chi connectivity index (χ0) is 14.2. The first-order valence-electron chi connectivity index (χ1n) is 6.08. The molecule has 0 amide bonds. The van der Waals surface area contributed by atoms with E-state index in [1.807, 2.05) is 30.3 Å². The third-order valence-electron chi connectivity index (χ3n) is 2.60. The van der Waals surface area contributed by atoms with Crippen LogP contribution in [0.4, 0.5) is 0 Å². The van der Waals surface area contributed by atoms with Gasteiger partial charge in [-0.1, -0.05) is 30.0 Å². The highest BCUT2D eigenvalue weighted by Crippen LogP contribution is 2.27. The maximum absolute atomic E-state index is 8.82. The van der Waals surface area contributed by atoms with Crippen molar-refractivity contribution in [2.45, 2.75) is 0 Å². The van der Waals surface area contributed by atoms with Gasteiger partial charge in [0.2, 0.25) is 0 Å². The van der Waals surface area contributed by atoms with Crippen molar-refractivity contribution in [2.75, 3.05) is 13.7 Å². The highest BCUT2D eigenvalue weighted by atomic mass is 16.5. The minimum Gasteiger partial charge on any atom is -0.493 e. The Kier molecular flexibility index (Phi) is 4.65. The summed E-state index contributed by atoms with van der Waals surface area (Å²) in [4.78, 5) is 0. The van der Waals surface area contributed by atoms with Crippen LogP contribution < -0.4 is 9.47 Å². The number of nitrogens with zero attached hydrogens (tertiary/aromatic N) is 1. The van der Waals surface area contributed by atoms with Crippen LogP contribution >= 0.6 is 0 Å². The Morgan fingerprint density at radius 1 is 1.00 bits per heavy atom. The summed E-state index contributed by atoms with van der Waals surface area (Å²) >= 11 is 0. The van der Waals surface area contributed by atoms with E-state index in [9.17, 15) is 0 Å². The molecule has 3 nitrogen and oxygen atoms in total. The number of ether oxygens (including phenoxy) is 2. The van der Waals surface area contributed by atoms with Gasteiger partial charge >= 0.3 is 0 Å². The Hall–Kier alpha value is -2.91. The van der Waals surface area contributed by atoms with Crippen LogP contribution in [0.3, 0.4) is 0 Å². The lowest BCUT2D eigenvalue weighted by Gasteiger charge is -2.08. The van der Waals surface area contributed by atoms with Crippen LogP contribution in [-0.4, -0.2) is 13.7 Å². The van der Waals surface area contributed by atoms with Crippen LogP contribution in [0.1, 0.15) is 11.1 Å². The zero-order valence-corrected chi connectivity index (χ0v) is 11.1. The minimum atomic E-state index is 0.261. The average Bonchev–Trinajstić information content (AvgIpc) is 2.52. The molecular formula is C17H13NO2. The first-order valence-corrected chi connectivity index (χ1v) is 6.08. The Labute approximate surface area is 118 Å². The smallest absolute Gasteiger partial charge is 0.162 e. The molecule has 0 saturated carbocycles. The molecule has 3 heteroatoms. The summed E-state index contributed by atoms with van der Waals surface area (Å²) in [6.07, 6.45) is 0. The fourth-order valence-corrected chi connectivity index (χ4v) is 1.63. The minimum absolute atomic E-state index is 0.261. The van der Waals surface area contributed by atoms with Gasteiger partial charge in [0.15, 0.2) is 11.5 Å². The van der Waals surface area contributed by atoms with Crippen molar-refractivity contribution < 1.29 is 9.47 Å². The van der Waals surface area contributed by atoms with Crippen molar-refractivity contribution in [1.82, 2.24) is 0 Å². The zero-order valence-electron chi connectivity index (χ0n) is 11.1. The van der Waals surface area contributed by atoms with Crippen molar-refractivity contribution >= 4 is 0 Å². The molecule has 2 aromatic carbocycles. The van der Waals surface area contributed by atoms with E-state index in [0.29, 0.717) is 17.1 Å². The molecule has 0 aliphatic rings. The summed E-state index contributed by atoms with van der Waals surface area (Å²) in [6, 6.07) is 16.8. The van der Waals surface area contributed by atoms with Crippen molar-refractivity contribution in [1.29, 1.82) is 5.26 Å². The van der Waals surface area contributed by atoms with Crippen LogP contribution in [0.15, 0.2) is 48.5 Å². The molecule has 0 aliphatic carbocycles. The average molecular weight is 263 g/mol. The molecule has 0 atom stereocenters. The Morgan fingerprint density at radius 2 is 1.80 bits per heavy atom. The molecule has 0 radical (unpaired) electrons. The first-order chi connectivity index (χ1) is 9.83. The predicted molar refractivity (Wildman–Crippen MR) is 76.5 cm³/mol. The molecule has 2 aromatic rings. The Balaban J connectivity index is 2.02. The van der Waals surface area contributed by atoms with E-state index in [0.717, 1.165) is 5.56 Å². The Bertz CT molecular complexity index is 676. The number of benzene rings is 2. The van der Waals surface area contributed by atoms with E-state index in [1.54, 1.807) is 25.3 Å². The predicted octanol–water partition coefficient (Wildman–Crippen LogP) is 3.00. The van der Waals surface area contributed by atoms with E-state index in [1.165, 1.54) is 0 Å². The molecular weight excluding hydrogens is 250 g/mol.